The number of carbonyl (C=O) groups is 1. The van der Waals surface area contributed by atoms with Gasteiger partial charge in [-0.25, -0.2) is 0 Å². The Labute approximate surface area is 113 Å². The monoisotopic (exact) mass is 275 g/mol. The summed E-state index contributed by atoms with van der Waals surface area (Å²) >= 11 is 0. The van der Waals surface area contributed by atoms with Gasteiger partial charge in [0.2, 0.25) is 0 Å². The Balaban J connectivity index is 4.27. The molecule has 0 heterocycles. The van der Waals surface area contributed by atoms with Crippen molar-refractivity contribution in [3.05, 3.63) is 0 Å². The van der Waals surface area contributed by atoms with Crippen molar-refractivity contribution in [2.24, 2.45) is 0 Å². The first-order valence-electron chi connectivity index (χ1n) is 6.61. The molecule has 0 saturated carbocycles. The molecule has 0 amide bonds. The summed E-state index contributed by atoms with van der Waals surface area (Å²) in [6.07, 6.45) is 0.360. The molecular weight excluding hydrogens is 246 g/mol. The standard InChI is InChI=1S/C13H29NO3Si/c1-8-16-12(15)9-11(14-5)10-17-18(6,7)13(2,3)4/h11,14H,8-10H2,1-7H3/t11-/m0/s1. The summed E-state index contributed by atoms with van der Waals surface area (Å²) in [4.78, 5) is 11.4. The third-order valence-corrected chi connectivity index (χ3v) is 8.08. The molecule has 1 atom stereocenters. The first-order valence-corrected chi connectivity index (χ1v) is 9.51. The van der Waals surface area contributed by atoms with Crippen LogP contribution in [0.4, 0.5) is 0 Å². The third-order valence-electron chi connectivity index (χ3n) is 3.58. The number of nitrogens with one attached hydrogen (secondary N) is 1. The largest absolute Gasteiger partial charge is 0.466 e. The van der Waals surface area contributed by atoms with Crippen LogP contribution in [0.3, 0.4) is 0 Å². The maximum absolute atomic E-state index is 11.4. The van der Waals surface area contributed by atoms with Crippen LogP contribution in [0.25, 0.3) is 0 Å². The Bertz CT molecular complexity index is 261. The number of hydrogen-bond acceptors (Lipinski definition) is 4. The van der Waals surface area contributed by atoms with Gasteiger partial charge in [-0.3, -0.25) is 4.79 Å². The highest BCUT2D eigenvalue weighted by Gasteiger charge is 2.37. The van der Waals surface area contributed by atoms with Crippen LogP contribution < -0.4 is 5.32 Å². The highest BCUT2D eigenvalue weighted by molar-refractivity contribution is 6.74. The highest BCUT2D eigenvalue weighted by Crippen LogP contribution is 2.36. The molecule has 0 aromatic rings. The van der Waals surface area contributed by atoms with Gasteiger partial charge < -0.3 is 14.5 Å². The van der Waals surface area contributed by atoms with Crippen molar-refractivity contribution in [1.29, 1.82) is 0 Å². The van der Waals surface area contributed by atoms with E-state index in [1.165, 1.54) is 0 Å². The molecule has 0 rings (SSSR count). The van der Waals surface area contributed by atoms with E-state index in [1.54, 1.807) is 0 Å². The van der Waals surface area contributed by atoms with Gasteiger partial charge in [0.15, 0.2) is 8.32 Å². The molecule has 0 spiro atoms. The van der Waals surface area contributed by atoms with E-state index in [0.29, 0.717) is 19.6 Å². The quantitative estimate of drug-likeness (QED) is 0.573. The van der Waals surface area contributed by atoms with E-state index in [1.807, 2.05) is 14.0 Å². The molecule has 0 aliphatic heterocycles. The summed E-state index contributed by atoms with van der Waals surface area (Å²) in [6.45, 7) is 13.9. The van der Waals surface area contributed by atoms with Crippen LogP contribution >= 0.6 is 0 Å². The van der Waals surface area contributed by atoms with Crippen molar-refractivity contribution < 1.29 is 14.0 Å². The van der Waals surface area contributed by atoms with E-state index >= 15 is 0 Å². The van der Waals surface area contributed by atoms with E-state index < -0.39 is 8.32 Å². The topological polar surface area (TPSA) is 47.6 Å². The van der Waals surface area contributed by atoms with Crippen LogP contribution in [-0.4, -0.2) is 40.6 Å². The summed E-state index contributed by atoms with van der Waals surface area (Å²) in [5, 5.41) is 3.30. The van der Waals surface area contributed by atoms with Crippen LogP contribution in [0.2, 0.25) is 18.1 Å². The Morgan fingerprint density at radius 3 is 2.28 bits per heavy atom. The second-order valence-corrected chi connectivity index (χ2v) is 10.9. The SMILES string of the molecule is CCOC(=O)C[C@@H](CO[Si](C)(C)C(C)(C)C)NC. The molecule has 0 aromatic carbocycles. The normalized spacial score (nSPS) is 14.4. The Morgan fingerprint density at radius 1 is 1.33 bits per heavy atom. The first kappa shape index (κ1) is 17.6. The van der Waals surface area contributed by atoms with Gasteiger partial charge in [0.25, 0.3) is 0 Å². The second kappa shape index (κ2) is 7.26. The smallest absolute Gasteiger partial charge is 0.307 e. The molecule has 0 bridgehead atoms. The lowest BCUT2D eigenvalue weighted by atomic mass is 10.2. The minimum absolute atomic E-state index is 0.0261. The molecular formula is C13H29NO3Si. The number of rotatable bonds is 7. The number of carbonyl (C=O) groups excluding carboxylic acids is 1. The molecule has 0 unspecified atom stereocenters. The molecule has 0 radical (unpaired) electrons. The van der Waals surface area contributed by atoms with Gasteiger partial charge >= 0.3 is 5.97 Å². The molecule has 18 heavy (non-hydrogen) atoms. The van der Waals surface area contributed by atoms with Gasteiger partial charge in [0.1, 0.15) is 0 Å². The molecule has 0 aliphatic rings. The van der Waals surface area contributed by atoms with E-state index in [4.69, 9.17) is 9.16 Å². The zero-order valence-corrected chi connectivity index (χ0v) is 13.9. The summed E-state index contributed by atoms with van der Waals surface area (Å²) in [5.41, 5.74) is 0. The lowest BCUT2D eigenvalue weighted by Gasteiger charge is -2.37. The predicted molar refractivity (Wildman–Crippen MR) is 77.2 cm³/mol. The fraction of sp³-hybridized carbons (Fsp3) is 0.923. The molecule has 0 aromatic heterocycles. The van der Waals surface area contributed by atoms with E-state index in [-0.39, 0.29) is 17.0 Å². The third kappa shape index (κ3) is 5.98. The van der Waals surface area contributed by atoms with E-state index in [2.05, 4.69) is 39.2 Å². The Kier molecular flexibility index (Phi) is 7.10. The second-order valence-electron chi connectivity index (χ2n) is 6.07. The minimum Gasteiger partial charge on any atom is -0.466 e. The molecule has 5 heteroatoms. The van der Waals surface area contributed by atoms with Crippen molar-refractivity contribution in [2.75, 3.05) is 20.3 Å². The fourth-order valence-electron chi connectivity index (χ4n) is 1.19. The zero-order chi connectivity index (χ0) is 14.4. The fourth-order valence-corrected chi connectivity index (χ4v) is 2.24. The minimum atomic E-state index is -1.75. The summed E-state index contributed by atoms with van der Waals surface area (Å²) in [7, 11) is 0.101. The van der Waals surface area contributed by atoms with Gasteiger partial charge in [-0.1, -0.05) is 20.8 Å². The first-order chi connectivity index (χ1) is 8.14. The lowest BCUT2D eigenvalue weighted by Crippen LogP contribution is -2.45. The Morgan fingerprint density at radius 2 is 1.89 bits per heavy atom. The summed E-state index contributed by atoms with van der Waals surface area (Å²) < 4.78 is 11.0. The number of hydrogen-bond donors (Lipinski definition) is 1. The van der Waals surface area contributed by atoms with Gasteiger partial charge in [0, 0.05) is 12.6 Å². The van der Waals surface area contributed by atoms with Crippen LogP contribution in [0.1, 0.15) is 34.1 Å². The lowest BCUT2D eigenvalue weighted by molar-refractivity contribution is -0.143. The molecule has 0 saturated heterocycles. The molecule has 108 valence electrons. The predicted octanol–water partition coefficient (Wildman–Crippen LogP) is 2.55. The molecule has 0 aliphatic carbocycles. The van der Waals surface area contributed by atoms with E-state index in [9.17, 15) is 4.79 Å². The van der Waals surface area contributed by atoms with Crippen LogP contribution in [0.15, 0.2) is 0 Å². The molecule has 4 nitrogen and oxygen atoms in total. The van der Waals surface area contributed by atoms with Crippen molar-refractivity contribution in [2.45, 2.75) is 58.3 Å². The molecule has 1 N–H and O–H groups in total. The van der Waals surface area contributed by atoms with Crippen LogP contribution in [0, 0.1) is 0 Å². The van der Waals surface area contributed by atoms with Gasteiger partial charge in [-0.15, -0.1) is 0 Å². The van der Waals surface area contributed by atoms with Crippen molar-refractivity contribution in [3.63, 3.8) is 0 Å². The number of esters is 1. The number of likely N-dealkylation sites (N-methyl/N-ethyl adjacent to an activating group) is 1. The number of ether oxygens (including phenoxy) is 1. The van der Waals surface area contributed by atoms with Gasteiger partial charge in [-0.05, 0) is 32.1 Å². The Hall–Kier alpha value is -0.393. The van der Waals surface area contributed by atoms with Crippen molar-refractivity contribution in [1.82, 2.24) is 5.32 Å². The van der Waals surface area contributed by atoms with Crippen molar-refractivity contribution >= 4 is 14.3 Å². The van der Waals surface area contributed by atoms with Crippen LogP contribution in [-0.2, 0) is 14.0 Å². The summed E-state index contributed by atoms with van der Waals surface area (Å²) in [5.74, 6) is -0.171. The van der Waals surface area contributed by atoms with Gasteiger partial charge in [0.05, 0.1) is 13.0 Å². The van der Waals surface area contributed by atoms with Gasteiger partial charge in [-0.2, -0.15) is 0 Å². The average molecular weight is 275 g/mol. The van der Waals surface area contributed by atoms with E-state index in [0.717, 1.165) is 0 Å². The van der Waals surface area contributed by atoms with Crippen LogP contribution in [0.5, 0.6) is 0 Å². The molecule has 0 fully saturated rings. The summed E-state index contributed by atoms with van der Waals surface area (Å²) in [6, 6.07) is 0.0261. The van der Waals surface area contributed by atoms with Crippen molar-refractivity contribution in [3.8, 4) is 0 Å². The highest BCUT2D eigenvalue weighted by atomic mass is 28.4. The zero-order valence-electron chi connectivity index (χ0n) is 12.9. The average Bonchev–Trinajstić information content (AvgIpc) is 2.22. The maximum Gasteiger partial charge on any atom is 0.307 e. The maximum atomic E-state index is 11.4.